The number of ether oxygens (including phenoxy) is 1. The molecule has 2 atom stereocenters. The summed E-state index contributed by atoms with van der Waals surface area (Å²) in [5.74, 6) is -0.397. The number of nitrogens with two attached hydrogens (primary N) is 1. The molecule has 4 nitrogen and oxygen atoms in total. The second-order valence-corrected chi connectivity index (χ2v) is 4.49. The standard InChI is InChI=1S/C13H17FN2O2/c1-9(15)13(17)16-5-6-18-12(8-16)10-3-2-4-11(14)7-10/h2-4,7,9,12H,5-6,8,15H2,1H3/t9-,12?/m0/s1. The van der Waals surface area contributed by atoms with E-state index in [9.17, 15) is 9.18 Å². The van der Waals surface area contributed by atoms with E-state index >= 15 is 0 Å². The first-order valence-electron chi connectivity index (χ1n) is 5.99. The van der Waals surface area contributed by atoms with Crippen LogP contribution in [0.5, 0.6) is 0 Å². The molecule has 1 amide bonds. The Morgan fingerprint density at radius 3 is 3.06 bits per heavy atom. The van der Waals surface area contributed by atoms with E-state index in [0.29, 0.717) is 19.7 Å². The lowest BCUT2D eigenvalue weighted by Gasteiger charge is -2.34. The zero-order chi connectivity index (χ0) is 13.1. The lowest BCUT2D eigenvalue weighted by Crippen LogP contribution is -2.48. The lowest BCUT2D eigenvalue weighted by molar-refractivity contribution is -0.140. The smallest absolute Gasteiger partial charge is 0.239 e. The quantitative estimate of drug-likeness (QED) is 0.856. The molecule has 1 saturated heterocycles. The van der Waals surface area contributed by atoms with Gasteiger partial charge in [0, 0.05) is 6.54 Å². The van der Waals surface area contributed by atoms with Gasteiger partial charge in [0.1, 0.15) is 11.9 Å². The first-order valence-corrected chi connectivity index (χ1v) is 5.99. The number of halogens is 1. The Hall–Kier alpha value is -1.46. The molecule has 1 aromatic carbocycles. The molecule has 2 rings (SSSR count). The number of carbonyl (C=O) groups excluding carboxylic acids is 1. The van der Waals surface area contributed by atoms with E-state index in [1.54, 1.807) is 24.0 Å². The van der Waals surface area contributed by atoms with Gasteiger partial charge in [-0.15, -0.1) is 0 Å². The molecule has 2 N–H and O–H groups in total. The molecular formula is C13H17FN2O2. The van der Waals surface area contributed by atoms with Crippen molar-refractivity contribution in [2.75, 3.05) is 19.7 Å². The minimum Gasteiger partial charge on any atom is -0.370 e. The van der Waals surface area contributed by atoms with Gasteiger partial charge in [0.2, 0.25) is 5.91 Å². The summed E-state index contributed by atoms with van der Waals surface area (Å²) in [5.41, 5.74) is 6.33. The van der Waals surface area contributed by atoms with Gasteiger partial charge in [-0.25, -0.2) is 4.39 Å². The van der Waals surface area contributed by atoms with Crippen LogP contribution in [0, 0.1) is 5.82 Å². The number of carbonyl (C=O) groups is 1. The fourth-order valence-corrected chi connectivity index (χ4v) is 2.05. The summed E-state index contributed by atoms with van der Waals surface area (Å²) in [6.07, 6.45) is -0.280. The zero-order valence-electron chi connectivity index (χ0n) is 10.3. The predicted molar refractivity (Wildman–Crippen MR) is 65.3 cm³/mol. The molecule has 5 heteroatoms. The van der Waals surface area contributed by atoms with Crippen LogP contribution in [-0.4, -0.2) is 36.5 Å². The molecule has 0 radical (unpaired) electrons. The fourth-order valence-electron chi connectivity index (χ4n) is 2.05. The van der Waals surface area contributed by atoms with Crippen LogP contribution in [0.3, 0.4) is 0 Å². The number of nitrogens with zero attached hydrogens (tertiary/aromatic N) is 1. The summed E-state index contributed by atoms with van der Waals surface area (Å²) < 4.78 is 18.7. The predicted octanol–water partition coefficient (Wildman–Crippen LogP) is 1.07. The Bertz CT molecular complexity index is 437. The monoisotopic (exact) mass is 252 g/mol. The topological polar surface area (TPSA) is 55.6 Å². The van der Waals surface area contributed by atoms with Crippen LogP contribution in [0.2, 0.25) is 0 Å². The molecule has 1 aromatic rings. The molecule has 1 aliphatic rings. The third-order valence-electron chi connectivity index (χ3n) is 2.99. The molecule has 1 aliphatic heterocycles. The summed E-state index contributed by atoms with van der Waals surface area (Å²) >= 11 is 0. The van der Waals surface area contributed by atoms with Crippen LogP contribution >= 0.6 is 0 Å². The van der Waals surface area contributed by atoms with Gasteiger partial charge in [0.15, 0.2) is 0 Å². The Labute approximate surface area is 106 Å². The van der Waals surface area contributed by atoms with Crippen molar-refractivity contribution >= 4 is 5.91 Å². The number of amides is 1. The Morgan fingerprint density at radius 2 is 2.39 bits per heavy atom. The van der Waals surface area contributed by atoms with Crippen molar-refractivity contribution in [2.24, 2.45) is 5.73 Å². The minimum absolute atomic E-state index is 0.0975. The molecule has 1 heterocycles. The number of hydrogen-bond acceptors (Lipinski definition) is 3. The second kappa shape index (κ2) is 5.46. The van der Waals surface area contributed by atoms with Gasteiger partial charge in [0.05, 0.1) is 19.2 Å². The van der Waals surface area contributed by atoms with Crippen LogP contribution < -0.4 is 5.73 Å². The van der Waals surface area contributed by atoms with Crippen molar-refractivity contribution < 1.29 is 13.9 Å². The van der Waals surface area contributed by atoms with E-state index in [4.69, 9.17) is 10.5 Å². The van der Waals surface area contributed by atoms with Gasteiger partial charge in [-0.2, -0.15) is 0 Å². The maximum atomic E-state index is 13.1. The summed E-state index contributed by atoms with van der Waals surface area (Å²) in [6, 6.07) is 5.74. The fraction of sp³-hybridized carbons (Fsp3) is 0.462. The second-order valence-electron chi connectivity index (χ2n) is 4.49. The summed E-state index contributed by atoms with van der Waals surface area (Å²) in [4.78, 5) is 13.5. The molecule has 98 valence electrons. The van der Waals surface area contributed by atoms with E-state index in [1.807, 2.05) is 0 Å². The number of benzene rings is 1. The molecule has 0 bridgehead atoms. The van der Waals surface area contributed by atoms with Crippen molar-refractivity contribution in [1.29, 1.82) is 0 Å². The van der Waals surface area contributed by atoms with E-state index in [2.05, 4.69) is 0 Å². The van der Waals surface area contributed by atoms with Crippen molar-refractivity contribution in [3.63, 3.8) is 0 Å². The summed E-state index contributed by atoms with van der Waals surface area (Å²) in [5, 5.41) is 0. The zero-order valence-corrected chi connectivity index (χ0v) is 10.3. The first-order chi connectivity index (χ1) is 8.58. The third-order valence-corrected chi connectivity index (χ3v) is 2.99. The van der Waals surface area contributed by atoms with Crippen LogP contribution in [0.15, 0.2) is 24.3 Å². The van der Waals surface area contributed by atoms with Crippen molar-refractivity contribution in [3.8, 4) is 0 Å². The van der Waals surface area contributed by atoms with Crippen molar-refractivity contribution in [1.82, 2.24) is 4.90 Å². The highest BCUT2D eigenvalue weighted by atomic mass is 19.1. The summed E-state index contributed by atoms with van der Waals surface area (Å²) in [7, 11) is 0. The SMILES string of the molecule is C[C@H](N)C(=O)N1CCOC(c2cccc(F)c2)C1. The van der Waals surface area contributed by atoms with E-state index in [1.165, 1.54) is 12.1 Å². The highest BCUT2D eigenvalue weighted by Crippen LogP contribution is 2.23. The average Bonchev–Trinajstić information content (AvgIpc) is 2.38. The molecule has 0 saturated carbocycles. The molecule has 0 spiro atoms. The first kappa shape index (κ1) is 13.0. The number of hydrogen-bond donors (Lipinski definition) is 1. The average molecular weight is 252 g/mol. The Balaban J connectivity index is 2.09. The van der Waals surface area contributed by atoms with Crippen LogP contribution in [0.25, 0.3) is 0 Å². The largest absolute Gasteiger partial charge is 0.370 e. The molecule has 18 heavy (non-hydrogen) atoms. The maximum absolute atomic E-state index is 13.1. The highest BCUT2D eigenvalue weighted by Gasteiger charge is 2.26. The normalized spacial score (nSPS) is 21.7. The van der Waals surface area contributed by atoms with Crippen LogP contribution in [-0.2, 0) is 9.53 Å². The van der Waals surface area contributed by atoms with Crippen molar-refractivity contribution in [3.05, 3.63) is 35.6 Å². The molecule has 0 aliphatic carbocycles. The van der Waals surface area contributed by atoms with Crippen LogP contribution in [0.4, 0.5) is 4.39 Å². The van der Waals surface area contributed by atoms with Gasteiger partial charge in [-0.3, -0.25) is 4.79 Å². The summed E-state index contributed by atoms with van der Waals surface area (Å²) in [6.45, 7) is 3.06. The molecule has 1 fully saturated rings. The molecular weight excluding hydrogens is 235 g/mol. The Kier molecular flexibility index (Phi) is 3.93. The third kappa shape index (κ3) is 2.86. The van der Waals surface area contributed by atoms with E-state index in [0.717, 1.165) is 5.56 Å². The van der Waals surface area contributed by atoms with Gasteiger partial charge in [0.25, 0.3) is 0 Å². The Morgan fingerprint density at radius 1 is 1.61 bits per heavy atom. The maximum Gasteiger partial charge on any atom is 0.239 e. The minimum atomic E-state index is -0.517. The van der Waals surface area contributed by atoms with Gasteiger partial charge in [-0.1, -0.05) is 12.1 Å². The molecule has 0 aromatic heterocycles. The van der Waals surface area contributed by atoms with Gasteiger partial charge >= 0.3 is 0 Å². The highest BCUT2D eigenvalue weighted by molar-refractivity contribution is 5.81. The van der Waals surface area contributed by atoms with E-state index < -0.39 is 6.04 Å². The number of rotatable bonds is 2. The van der Waals surface area contributed by atoms with Gasteiger partial charge < -0.3 is 15.4 Å². The van der Waals surface area contributed by atoms with Gasteiger partial charge in [-0.05, 0) is 24.6 Å². The van der Waals surface area contributed by atoms with Crippen molar-refractivity contribution in [2.45, 2.75) is 19.1 Å². The molecule has 1 unspecified atom stereocenters. The lowest BCUT2D eigenvalue weighted by atomic mass is 10.1. The van der Waals surface area contributed by atoms with Crippen LogP contribution in [0.1, 0.15) is 18.6 Å². The number of morpholine rings is 1. The van der Waals surface area contributed by atoms with E-state index in [-0.39, 0.29) is 17.8 Å².